The number of carbonyl (C=O) groups excluding carboxylic acids is 1. The van der Waals surface area contributed by atoms with Crippen LogP contribution in [0.5, 0.6) is 5.75 Å². The quantitative estimate of drug-likeness (QED) is 0.680. The lowest BCUT2D eigenvalue weighted by atomic mass is 9.91. The van der Waals surface area contributed by atoms with E-state index in [9.17, 15) is 9.18 Å². The van der Waals surface area contributed by atoms with Gasteiger partial charge in [0.2, 0.25) is 0 Å². The molecular weight excluding hydrogens is 207 g/mol. The second-order valence-corrected chi connectivity index (χ2v) is 4.64. The summed E-state index contributed by atoms with van der Waals surface area (Å²) in [6.07, 6.45) is 2.57. The van der Waals surface area contributed by atoms with E-state index in [4.69, 9.17) is 4.74 Å². The van der Waals surface area contributed by atoms with E-state index < -0.39 is 0 Å². The summed E-state index contributed by atoms with van der Waals surface area (Å²) in [5, 5.41) is 0. The summed E-state index contributed by atoms with van der Waals surface area (Å²) in [5.41, 5.74) is 0.781. The number of fused-ring (bicyclic) bond motifs is 1. The van der Waals surface area contributed by atoms with Gasteiger partial charge in [0.25, 0.3) is 0 Å². The summed E-state index contributed by atoms with van der Waals surface area (Å²) < 4.78 is 18.7. The van der Waals surface area contributed by atoms with Gasteiger partial charge in [-0.05, 0) is 18.2 Å². The molecule has 1 aliphatic heterocycles. The first-order valence-corrected chi connectivity index (χ1v) is 5.13. The second kappa shape index (κ2) is 3.74. The van der Waals surface area contributed by atoms with E-state index in [1.807, 2.05) is 19.9 Å². The Kier molecular flexibility index (Phi) is 2.54. The first-order valence-electron chi connectivity index (χ1n) is 5.13. The van der Waals surface area contributed by atoms with Crippen molar-refractivity contribution in [3.63, 3.8) is 0 Å². The number of carbonyl (C=O) groups is 1. The Balaban J connectivity index is 2.59. The molecule has 0 saturated carbocycles. The molecule has 0 spiro atoms. The lowest BCUT2D eigenvalue weighted by molar-refractivity contribution is -0.103. The summed E-state index contributed by atoms with van der Waals surface area (Å²) >= 11 is 0. The number of halogens is 1. The van der Waals surface area contributed by atoms with Crippen LogP contribution in [0.1, 0.15) is 19.4 Å². The number of benzene rings is 1. The van der Waals surface area contributed by atoms with Gasteiger partial charge in [0.15, 0.2) is 0 Å². The molecule has 0 fully saturated rings. The number of hydrogen-bond acceptors (Lipinski definition) is 2. The highest BCUT2D eigenvalue weighted by Gasteiger charge is 2.23. The molecule has 0 amide bonds. The number of hydrogen-bond donors (Lipinski definition) is 0. The van der Waals surface area contributed by atoms with Gasteiger partial charge >= 0.3 is 0 Å². The lowest BCUT2D eigenvalue weighted by Crippen LogP contribution is -2.17. The van der Waals surface area contributed by atoms with Crippen molar-refractivity contribution in [2.75, 3.05) is 6.61 Å². The van der Waals surface area contributed by atoms with Crippen LogP contribution in [0.4, 0.5) is 4.39 Å². The van der Waals surface area contributed by atoms with Crippen LogP contribution in [-0.4, -0.2) is 12.9 Å². The molecule has 0 N–H and O–H groups in total. The summed E-state index contributed by atoms with van der Waals surface area (Å²) in [7, 11) is 0. The van der Waals surface area contributed by atoms with E-state index in [0.717, 1.165) is 6.29 Å². The molecule has 2 rings (SSSR count). The molecule has 0 atom stereocenters. The highest BCUT2D eigenvalue weighted by atomic mass is 19.1. The van der Waals surface area contributed by atoms with Gasteiger partial charge < -0.3 is 4.74 Å². The third-order valence-electron chi connectivity index (χ3n) is 2.53. The largest absolute Gasteiger partial charge is 0.492 e. The first-order chi connectivity index (χ1) is 7.52. The van der Waals surface area contributed by atoms with Crippen LogP contribution in [0.25, 0.3) is 5.57 Å². The van der Waals surface area contributed by atoms with Gasteiger partial charge in [-0.1, -0.05) is 19.9 Å². The summed E-state index contributed by atoms with van der Waals surface area (Å²) in [5.74, 6) is 0.195. The number of ether oxygens (including phenoxy) is 1. The zero-order chi connectivity index (χ0) is 11.8. The molecule has 84 valence electrons. The van der Waals surface area contributed by atoms with Crippen molar-refractivity contribution in [2.45, 2.75) is 13.8 Å². The highest BCUT2D eigenvalue weighted by Crippen LogP contribution is 2.34. The van der Waals surface area contributed by atoms with Gasteiger partial charge in [-0.2, -0.15) is 0 Å². The van der Waals surface area contributed by atoms with E-state index >= 15 is 0 Å². The van der Waals surface area contributed by atoms with Crippen LogP contribution in [-0.2, 0) is 4.79 Å². The molecule has 0 aromatic heterocycles. The van der Waals surface area contributed by atoms with Crippen molar-refractivity contribution in [3.8, 4) is 5.75 Å². The van der Waals surface area contributed by atoms with Crippen molar-refractivity contribution in [1.82, 2.24) is 0 Å². The molecular formula is C13H13FO2. The van der Waals surface area contributed by atoms with Crippen LogP contribution in [0.15, 0.2) is 24.3 Å². The molecule has 16 heavy (non-hydrogen) atoms. The minimum absolute atomic E-state index is 0.230. The number of aldehydes is 1. The molecule has 0 saturated heterocycles. The molecule has 0 unspecified atom stereocenters. The SMILES string of the molecule is CC1(C)C=C(C=O)c2cc(F)ccc2OC1. The zero-order valence-corrected chi connectivity index (χ0v) is 9.29. The second-order valence-electron chi connectivity index (χ2n) is 4.64. The lowest BCUT2D eigenvalue weighted by Gasteiger charge is -2.18. The van der Waals surface area contributed by atoms with Crippen molar-refractivity contribution < 1.29 is 13.9 Å². The third-order valence-corrected chi connectivity index (χ3v) is 2.53. The standard InChI is InChI=1S/C13H13FO2/c1-13(2)6-9(7-15)11-5-10(14)3-4-12(11)16-8-13/h3-7H,8H2,1-2H3. The molecule has 1 aromatic rings. The van der Waals surface area contributed by atoms with Gasteiger partial charge in [0.1, 0.15) is 17.9 Å². The normalized spacial score (nSPS) is 17.8. The minimum Gasteiger partial charge on any atom is -0.492 e. The number of rotatable bonds is 1. The van der Waals surface area contributed by atoms with Crippen LogP contribution in [0, 0.1) is 11.2 Å². The van der Waals surface area contributed by atoms with Crippen LogP contribution in [0.3, 0.4) is 0 Å². The topological polar surface area (TPSA) is 26.3 Å². The van der Waals surface area contributed by atoms with Crippen LogP contribution < -0.4 is 4.74 Å². The average molecular weight is 220 g/mol. The molecule has 1 aliphatic rings. The summed E-state index contributed by atoms with van der Waals surface area (Å²) in [6.45, 7) is 4.42. The van der Waals surface area contributed by atoms with Gasteiger partial charge in [-0.15, -0.1) is 0 Å². The Morgan fingerprint density at radius 2 is 2.19 bits per heavy atom. The Labute approximate surface area is 93.7 Å². The molecule has 3 heteroatoms. The third kappa shape index (κ3) is 1.98. The zero-order valence-electron chi connectivity index (χ0n) is 9.29. The Hall–Kier alpha value is -1.64. The smallest absolute Gasteiger partial charge is 0.150 e. The van der Waals surface area contributed by atoms with E-state index in [1.54, 1.807) is 6.07 Å². The molecule has 0 radical (unpaired) electrons. The predicted molar refractivity (Wildman–Crippen MR) is 59.7 cm³/mol. The summed E-state index contributed by atoms with van der Waals surface area (Å²) in [4.78, 5) is 11.0. The maximum absolute atomic E-state index is 13.1. The van der Waals surface area contributed by atoms with E-state index in [1.165, 1.54) is 12.1 Å². The van der Waals surface area contributed by atoms with Gasteiger partial charge in [-0.25, -0.2) is 4.39 Å². The molecule has 1 aromatic carbocycles. The van der Waals surface area contributed by atoms with Crippen molar-refractivity contribution in [3.05, 3.63) is 35.7 Å². The van der Waals surface area contributed by atoms with E-state index in [0.29, 0.717) is 23.5 Å². The Morgan fingerprint density at radius 1 is 1.44 bits per heavy atom. The van der Waals surface area contributed by atoms with Crippen molar-refractivity contribution >= 4 is 11.9 Å². The van der Waals surface area contributed by atoms with Crippen molar-refractivity contribution in [1.29, 1.82) is 0 Å². The minimum atomic E-state index is -0.366. The van der Waals surface area contributed by atoms with E-state index in [2.05, 4.69) is 0 Å². The Bertz CT molecular complexity index is 461. The Morgan fingerprint density at radius 3 is 2.88 bits per heavy atom. The molecule has 0 bridgehead atoms. The van der Waals surface area contributed by atoms with E-state index in [-0.39, 0.29) is 11.2 Å². The molecule has 1 heterocycles. The molecule has 0 aliphatic carbocycles. The molecule has 2 nitrogen and oxygen atoms in total. The maximum atomic E-state index is 13.1. The summed E-state index contributed by atoms with van der Waals surface area (Å²) in [6, 6.07) is 4.22. The van der Waals surface area contributed by atoms with Gasteiger partial charge in [-0.3, -0.25) is 4.79 Å². The van der Waals surface area contributed by atoms with Crippen LogP contribution >= 0.6 is 0 Å². The van der Waals surface area contributed by atoms with Gasteiger partial charge in [0.05, 0.1) is 6.61 Å². The number of allylic oxidation sites excluding steroid dienone is 1. The van der Waals surface area contributed by atoms with Crippen molar-refractivity contribution in [2.24, 2.45) is 5.41 Å². The monoisotopic (exact) mass is 220 g/mol. The van der Waals surface area contributed by atoms with Crippen LogP contribution in [0.2, 0.25) is 0 Å². The fraction of sp³-hybridized carbons (Fsp3) is 0.308. The fourth-order valence-electron chi connectivity index (χ4n) is 1.76. The maximum Gasteiger partial charge on any atom is 0.150 e. The first kappa shape index (κ1) is 10.9. The van der Waals surface area contributed by atoms with Gasteiger partial charge in [0, 0.05) is 16.6 Å². The average Bonchev–Trinajstić information content (AvgIpc) is 2.36. The predicted octanol–water partition coefficient (Wildman–Crippen LogP) is 2.83. The highest BCUT2D eigenvalue weighted by molar-refractivity contribution is 6.08. The fourth-order valence-corrected chi connectivity index (χ4v) is 1.76.